The second-order valence-electron chi connectivity index (χ2n) is 6.07. The zero-order valence-electron chi connectivity index (χ0n) is 14.8. The maximum Gasteiger partial charge on any atom is 0.328 e. The van der Waals surface area contributed by atoms with E-state index >= 15 is 0 Å². The van der Waals surface area contributed by atoms with E-state index in [-0.39, 0.29) is 24.8 Å². The summed E-state index contributed by atoms with van der Waals surface area (Å²) in [5, 5.41) is 11.7. The molecule has 0 radical (unpaired) electrons. The van der Waals surface area contributed by atoms with E-state index in [1.807, 2.05) is 30.3 Å². The summed E-state index contributed by atoms with van der Waals surface area (Å²) in [6, 6.07) is 15.2. The highest BCUT2D eigenvalue weighted by Gasteiger charge is 2.23. The van der Waals surface area contributed by atoms with E-state index in [9.17, 15) is 19.1 Å². The highest BCUT2D eigenvalue weighted by Crippen LogP contribution is 2.22. The molecule has 2 N–H and O–H groups in total. The molecule has 3 rings (SSSR count). The Bertz CT molecular complexity index is 937. The van der Waals surface area contributed by atoms with Crippen LogP contribution in [0.2, 0.25) is 0 Å². The molecule has 2 aromatic carbocycles. The van der Waals surface area contributed by atoms with Crippen LogP contribution in [-0.4, -0.2) is 29.6 Å². The van der Waals surface area contributed by atoms with Gasteiger partial charge in [0.05, 0.1) is 19.5 Å². The Kier molecular flexibility index (Phi) is 6.18. The molecular formula is C21H18FNO5. The third-order valence-electron chi connectivity index (χ3n) is 4.00. The van der Waals surface area contributed by atoms with Crippen LogP contribution >= 0.6 is 0 Å². The molecule has 0 bridgehead atoms. The number of aliphatic carboxylic acids is 1. The topological polar surface area (TPSA) is 88.8 Å². The molecule has 0 aliphatic carbocycles. The fourth-order valence-electron chi connectivity index (χ4n) is 2.52. The molecule has 1 unspecified atom stereocenters. The molecule has 0 fully saturated rings. The number of hydrogen-bond donors (Lipinski definition) is 2. The number of ether oxygens (including phenoxy) is 1. The van der Waals surface area contributed by atoms with Crippen LogP contribution in [0.25, 0.3) is 11.1 Å². The van der Waals surface area contributed by atoms with Gasteiger partial charge in [0.2, 0.25) is 0 Å². The van der Waals surface area contributed by atoms with Crippen molar-refractivity contribution in [2.45, 2.75) is 12.6 Å². The fourth-order valence-corrected chi connectivity index (χ4v) is 2.52. The Hall–Kier alpha value is -3.45. The van der Waals surface area contributed by atoms with Crippen LogP contribution in [0, 0.1) is 5.82 Å². The van der Waals surface area contributed by atoms with E-state index in [0.717, 1.165) is 5.56 Å². The Morgan fingerprint density at radius 3 is 2.46 bits per heavy atom. The Morgan fingerprint density at radius 1 is 1.07 bits per heavy atom. The molecule has 0 spiro atoms. The number of hydrogen-bond acceptors (Lipinski definition) is 4. The van der Waals surface area contributed by atoms with Gasteiger partial charge in [-0.3, -0.25) is 4.79 Å². The number of amides is 1. The van der Waals surface area contributed by atoms with E-state index in [0.29, 0.717) is 11.1 Å². The fraction of sp³-hybridized carbons (Fsp3) is 0.143. The molecule has 28 heavy (non-hydrogen) atoms. The maximum atomic E-state index is 13.0. The molecular weight excluding hydrogens is 365 g/mol. The lowest BCUT2D eigenvalue weighted by Crippen LogP contribution is -2.43. The van der Waals surface area contributed by atoms with Crippen LogP contribution in [0.4, 0.5) is 4.39 Å². The van der Waals surface area contributed by atoms with Gasteiger partial charge < -0.3 is 19.6 Å². The second-order valence-corrected chi connectivity index (χ2v) is 6.07. The minimum atomic E-state index is -1.23. The number of carboxylic acids is 1. The number of furan rings is 1. The van der Waals surface area contributed by atoms with Crippen LogP contribution in [0.15, 0.2) is 71.3 Å². The summed E-state index contributed by atoms with van der Waals surface area (Å²) in [5.74, 6) is -2.31. The number of benzene rings is 2. The van der Waals surface area contributed by atoms with E-state index in [1.54, 1.807) is 12.1 Å². The smallest absolute Gasteiger partial charge is 0.328 e. The number of halogens is 1. The van der Waals surface area contributed by atoms with Gasteiger partial charge in [0.1, 0.15) is 5.82 Å². The molecule has 1 amide bonds. The Labute approximate surface area is 160 Å². The van der Waals surface area contributed by atoms with E-state index in [2.05, 4.69) is 5.32 Å². The zero-order chi connectivity index (χ0) is 19.9. The summed E-state index contributed by atoms with van der Waals surface area (Å²) in [7, 11) is 0. The van der Waals surface area contributed by atoms with Crippen LogP contribution in [0.5, 0.6) is 0 Å². The first kappa shape index (κ1) is 19.3. The van der Waals surface area contributed by atoms with Gasteiger partial charge in [0.25, 0.3) is 5.91 Å². The van der Waals surface area contributed by atoms with Gasteiger partial charge in [0.15, 0.2) is 11.8 Å². The summed E-state index contributed by atoms with van der Waals surface area (Å²) in [5.41, 5.74) is 2.15. The largest absolute Gasteiger partial charge is 0.480 e. The van der Waals surface area contributed by atoms with Gasteiger partial charge in [-0.2, -0.15) is 0 Å². The van der Waals surface area contributed by atoms with Crippen molar-refractivity contribution in [3.8, 4) is 11.1 Å². The molecule has 1 aromatic heterocycles. The van der Waals surface area contributed by atoms with Gasteiger partial charge in [-0.15, -0.1) is 0 Å². The van der Waals surface area contributed by atoms with Gasteiger partial charge >= 0.3 is 5.97 Å². The number of nitrogens with one attached hydrogen (secondary N) is 1. The third-order valence-corrected chi connectivity index (χ3v) is 4.00. The molecule has 0 aliphatic rings. The molecule has 1 atom stereocenters. The minimum absolute atomic E-state index is 0.0476. The van der Waals surface area contributed by atoms with E-state index in [1.165, 1.54) is 24.5 Å². The normalized spacial score (nSPS) is 11.8. The predicted molar refractivity (Wildman–Crippen MR) is 99.1 cm³/mol. The van der Waals surface area contributed by atoms with Crippen molar-refractivity contribution in [3.05, 3.63) is 84.1 Å². The number of rotatable bonds is 8. The summed E-state index contributed by atoms with van der Waals surface area (Å²) in [4.78, 5) is 23.7. The minimum Gasteiger partial charge on any atom is -0.480 e. The van der Waals surface area contributed by atoms with E-state index < -0.39 is 17.9 Å². The van der Waals surface area contributed by atoms with Gasteiger partial charge in [-0.1, -0.05) is 42.5 Å². The van der Waals surface area contributed by atoms with Crippen molar-refractivity contribution < 1.29 is 28.2 Å². The van der Waals surface area contributed by atoms with Crippen LogP contribution < -0.4 is 5.32 Å². The van der Waals surface area contributed by atoms with Crippen molar-refractivity contribution in [2.75, 3.05) is 6.61 Å². The lowest BCUT2D eigenvalue weighted by molar-refractivity contribution is -0.141. The van der Waals surface area contributed by atoms with Crippen molar-refractivity contribution >= 4 is 11.9 Å². The number of carbonyl (C=O) groups is 2. The monoisotopic (exact) mass is 383 g/mol. The standard InChI is InChI=1S/C21H18FNO5/c22-17-8-6-15(7-9-17)16-10-19(28-12-16)20(24)23-18(21(25)26)13-27-11-14-4-2-1-3-5-14/h1-10,12,18H,11,13H2,(H,23,24)(H,25,26). The Balaban J connectivity index is 1.59. The van der Waals surface area contributed by atoms with Crippen LogP contribution in [0.1, 0.15) is 16.1 Å². The van der Waals surface area contributed by atoms with Gasteiger partial charge in [-0.05, 0) is 29.3 Å². The Morgan fingerprint density at radius 2 is 1.79 bits per heavy atom. The second kappa shape index (κ2) is 8.96. The molecule has 1 heterocycles. The maximum absolute atomic E-state index is 13.0. The highest BCUT2D eigenvalue weighted by atomic mass is 19.1. The summed E-state index contributed by atoms with van der Waals surface area (Å²) in [6.07, 6.45) is 1.35. The molecule has 3 aromatic rings. The third kappa shape index (κ3) is 5.05. The number of carboxylic acid groups (broad SMARTS) is 1. The van der Waals surface area contributed by atoms with Crippen molar-refractivity contribution in [1.82, 2.24) is 5.32 Å². The summed E-state index contributed by atoms with van der Waals surface area (Å²) in [6.45, 7) is 0.0391. The van der Waals surface area contributed by atoms with Crippen LogP contribution in [-0.2, 0) is 16.1 Å². The molecule has 7 heteroatoms. The lowest BCUT2D eigenvalue weighted by atomic mass is 10.1. The highest BCUT2D eigenvalue weighted by molar-refractivity contribution is 5.95. The van der Waals surface area contributed by atoms with Gasteiger partial charge in [-0.25, -0.2) is 9.18 Å². The summed E-state index contributed by atoms with van der Waals surface area (Å²) < 4.78 is 23.6. The first-order chi connectivity index (χ1) is 13.5. The van der Waals surface area contributed by atoms with Crippen LogP contribution in [0.3, 0.4) is 0 Å². The molecule has 0 aliphatic heterocycles. The lowest BCUT2D eigenvalue weighted by Gasteiger charge is -2.14. The van der Waals surface area contributed by atoms with Gasteiger partial charge in [0, 0.05) is 5.56 Å². The molecule has 144 valence electrons. The van der Waals surface area contributed by atoms with Crippen molar-refractivity contribution in [1.29, 1.82) is 0 Å². The van der Waals surface area contributed by atoms with Crippen molar-refractivity contribution in [2.24, 2.45) is 0 Å². The zero-order valence-corrected chi connectivity index (χ0v) is 14.8. The average molecular weight is 383 g/mol. The predicted octanol–water partition coefficient (Wildman–Crippen LogP) is 3.49. The summed E-state index contributed by atoms with van der Waals surface area (Å²) >= 11 is 0. The first-order valence-electron chi connectivity index (χ1n) is 8.53. The molecule has 0 saturated heterocycles. The SMILES string of the molecule is O=C(NC(COCc1ccccc1)C(=O)O)c1cc(-c2ccc(F)cc2)co1. The van der Waals surface area contributed by atoms with E-state index in [4.69, 9.17) is 9.15 Å². The molecule has 6 nitrogen and oxygen atoms in total. The number of carbonyl (C=O) groups excluding carboxylic acids is 1. The quantitative estimate of drug-likeness (QED) is 0.622. The molecule has 0 saturated carbocycles. The average Bonchev–Trinajstić information content (AvgIpc) is 3.19. The van der Waals surface area contributed by atoms with Crippen molar-refractivity contribution in [3.63, 3.8) is 0 Å². The first-order valence-corrected chi connectivity index (χ1v) is 8.53.